The molecule has 0 aromatic rings. The molecule has 0 radical (unpaired) electrons. The zero-order valence-corrected chi connectivity index (χ0v) is 25.7. The average molecular weight is 629 g/mol. The molecule has 4 saturated carbocycles. The quantitative estimate of drug-likeness (QED) is 0.334. The Morgan fingerprint density at radius 2 is 0.886 bits per heavy atom. The highest BCUT2D eigenvalue weighted by Crippen LogP contribution is 2.56. The van der Waals surface area contributed by atoms with E-state index < -0.39 is 70.7 Å². The lowest BCUT2D eigenvalue weighted by Gasteiger charge is -2.47. The van der Waals surface area contributed by atoms with Crippen LogP contribution in [-0.4, -0.2) is 122 Å². The normalized spacial score (nSPS) is 49.2. The van der Waals surface area contributed by atoms with Crippen LogP contribution in [0.3, 0.4) is 0 Å². The van der Waals surface area contributed by atoms with E-state index in [1.54, 1.807) is 28.4 Å². The van der Waals surface area contributed by atoms with Crippen LogP contribution in [0.2, 0.25) is 0 Å². The van der Waals surface area contributed by atoms with E-state index in [-0.39, 0.29) is 37.9 Å². The van der Waals surface area contributed by atoms with E-state index in [0.29, 0.717) is 25.7 Å². The molecule has 4 aliphatic heterocycles. The third kappa shape index (κ3) is 4.22. The molecule has 248 valence electrons. The molecule has 8 aliphatic rings. The molecule has 0 aromatic heterocycles. The first kappa shape index (κ1) is 31.2. The molecule has 44 heavy (non-hydrogen) atoms. The standard InChI is InChI=1S/2C15H22O7/c2*1-18-14(19-2)5-3-4-6-15(14)21-10-8-13(17)7-9(11(10)22-15)20-12(13)16/h2*9-11,17H,3-8H2,1-2H3/t2*9-,10-,11+,13-,15-/m11/s1. The van der Waals surface area contributed by atoms with Gasteiger partial charge in [0.1, 0.15) is 24.4 Å². The monoisotopic (exact) mass is 628 g/mol. The number of fused-ring (bicyclic) bond motifs is 8. The molecular formula is C30H44O14. The Balaban J connectivity index is 0.000000142. The van der Waals surface area contributed by atoms with Crippen molar-refractivity contribution >= 4 is 11.9 Å². The maximum Gasteiger partial charge on any atom is 0.338 e. The molecule has 0 aromatic carbocycles. The summed E-state index contributed by atoms with van der Waals surface area (Å²) in [6.45, 7) is 0. The number of rotatable bonds is 4. The van der Waals surface area contributed by atoms with Gasteiger partial charge in [0.2, 0.25) is 23.1 Å². The van der Waals surface area contributed by atoms with Crippen LogP contribution in [-0.2, 0) is 57.0 Å². The number of ether oxygens (including phenoxy) is 10. The topological polar surface area (TPSA) is 167 Å². The van der Waals surface area contributed by atoms with Gasteiger partial charge in [0.25, 0.3) is 0 Å². The molecule has 2 spiro atoms. The van der Waals surface area contributed by atoms with Crippen LogP contribution in [0.15, 0.2) is 0 Å². The Morgan fingerprint density at radius 3 is 1.25 bits per heavy atom. The van der Waals surface area contributed by atoms with Crippen molar-refractivity contribution in [3.63, 3.8) is 0 Å². The van der Waals surface area contributed by atoms with Gasteiger partial charge in [-0.2, -0.15) is 0 Å². The Kier molecular flexibility index (Phi) is 7.45. The summed E-state index contributed by atoms with van der Waals surface area (Å²) in [4.78, 5) is 23.6. The number of hydrogen-bond donors (Lipinski definition) is 2. The molecule has 8 rings (SSSR count). The van der Waals surface area contributed by atoms with E-state index in [1.807, 2.05) is 0 Å². The second-order valence-corrected chi connectivity index (χ2v) is 13.5. The summed E-state index contributed by atoms with van der Waals surface area (Å²) in [7, 11) is 6.35. The molecule has 4 bridgehead atoms. The molecule has 14 nitrogen and oxygen atoms in total. The highest BCUT2D eigenvalue weighted by molar-refractivity contribution is 5.82. The zero-order chi connectivity index (χ0) is 31.2. The largest absolute Gasteiger partial charge is 0.457 e. The first-order valence-corrected chi connectivity index (χ1v) is 15.7. The van der Waals surface area contributed by atoms with Crippen molar-refractivity contribution in [2.24, 2.45) is 0 Å². The molecule has 14 heteroatoms. The fourth-order valence-corrected chi connectivity index (χ4v) is 8.98. The summed E-state index contributed by atoms with van der Waals surface area (Å²) in [5.41, 5.74) is -2.89. The van der Waals surface area contributed by atoms with Gasteiger partial charge in [0.05, 0.1) is 12.2 Å². The lowest BCUT2D eigenvalue weighted by atomic mass is 9.82. The summed E-state index contributed by atoms with van der Waals surface area (Å²) in [5, 5.41) is 20.8. The van der Waals surface area contributed by atoms with Crippen molar-refractivity contribution in [3.05, 3.63) is 0 Å². The van der Waals surface area contributed by atoms with Gasteiger partial charge in [-0.15, -0.1) is 0 Å². The van der Waals surface area contributed by atoms with Crippen LogP contribution in [0, 0.1) is 0 Å². The molecule has 0 unspecified atom stereocenters. The maximum atomic E-state index is 11.8. The number of carbonyl (C=O) groups is 2. The van der Waals surface area contributed by atoms with Crippen molar-refractivity contribution in [1.82, 2.24) is 0 Å². The Labute approximate surface area is 255 Å². The SMILES string of the molecule is COC1(OC)CCCC[C@@]12O[C@H]1[C@H]3C[C@@](O)(C[C@H]1O2)C(=O)O3.COC1(OC)CCCC[C@@]12O[C@H]1[C@H]3C[C@@](O)(C[C@H]1O2)C(=O)O3. The van der Waals surface area contributed by atoms with Gasteiger partial charge < -0.3 is 57.6 Å². The van der Waals surface area contributed by atoms with Crippen molar-refractivity contribution in [2.45, 2.75) is 148 Å². The summed E-state index contributed by atoms with van der Waals surface area (Å²) in [6.07, 6.45) is 4.92. The predicted octanol–water partition coefficient (Wildman–Crippen LogP) is 0.960. The molecular weight excluding hydrogens is 584 g/mol. The van der Waals surface area contributed by atoms with Gasteiger partial charge >= 0.3 is 11.9 Å². The molecule has 4 heterocycles. The number of methoxy groups -OCH3 is 4. The van der Waals surface area contributed by atoms with E-state index in [2.05, 4.69) is 0 Å². The van der Waals surface area contributed by atoms with Crippen molar-refractivity contribution in [1.29, 1.82) is 0 Å². The van der Waals surface area contributed by atoms with E-state index >= 15 is 0 Å². The molecule has 2 N–H and O–H groups in total. The third-order valence-corrected chi connectivity index (χ3v) is 11.2. The highest BCUT2D eigenvalue weighted by Gasteiger charge is 2.71. The van der Waals surface area contributed by atoms with Gasteiger partial charge in [0, 0.05) is 79.8 Å². The van der Waals surface area contributed by atoms with E-state index in [4.69, 9.17) is 47.4 Å². The number of aliphatic hydroxyl groups is 2. The first-order chi connectivity index (χ1) is 20.9. The van der Waals surface area contributed by atoms with Crippen molar-refractivity contribution in [2.75, 3.05) is 28.4 Å². The van der Waals surface area contributed by atoms with E-state index in [9.17, 15) is 19.8 Å². The van der Waals surface area contributed by atoms with Crippen LogP contribution in [0.25, 0.3) is 0 Å². The fourth-order valence-electron chi connectivity index (χ4n) is 8.98. The molecule has 0 amide bonds. The van der Waals surface area contributed by atoms with Gasteiger partial charge in [-0.1, -0.05) is 0 Å². The average Bonchev–Trinajstić information content (AvgIpc) is 3.70. The maximum absolute atomic E-state index is 11.8. The number of esters is 2. The number of hydrogen-bond acceptors (Lipinski definition) is 14. The Hall–Kier alpha value is -1.46. The van der Waals surface area contributed by atoms with Crippen molar-refractivity contribution in [3.8, 4) is 0 Å². The Bertz CT molecular complexity index is 1070. The molecule has 10 atom stereocenters. The Morgan fingerprint density at radius 1 is 0.545 bits per heavy atom. The second-order valence-electron chi connectivity index (χ2n) is 13.5. The smallest absolute Gasteiger partial charge is 0.338 e. The second kappa shape index (κ2) is 10.5. The van der Waals surface area contributed by atoms with Crippen LogP contribution >= 0.6 is 0 Å². The van der Waals surface area contributed by atoms with Crippen LogP contribution in [0.4, 0.5) is 0 Å². The van der Waals surface area contributed by atoms with E-state index in [1.165, 1.54) is 0 Å². The molecule has 8 fully saturated rings. The zero-order valence-electron chi connectivity index (χ0n) is 25.7. The van der Waals surface area contributed by atoms with Gasteiger partial charge in [-0.3, -0.25) is 0 Å². The van der Waals surface area contributed by atoms with Crippen LogP contribution in [0.5, 0.6) is 0 Å². The summed E-state index contributed by atoms with van der Waals surface area (Å²) in [5.74, 6) is -5.07. The summed E-state index contributed by atoms with van der Waals surface area (Å²) < 4.78 is 58.2. The minimum Gasteiger partial charge on any atom is -0.457 e. The van der Waals surface area contributed by atoms with Gasteiger partial charge in [-0.25, -0.2) is 9.59 Å². The lowest BCUT2D eigenvalue weighted by molar-refractivity contribution is -0.388. The minimum absolute atomic E-state index is 0.193. The minimum atomic E-state index is -1.45. The summed E-state index contributed by atoms with van der Waals surface area (Å²) >= 11 is 0. The number of carbonyl (C=O) groups excluding carboxylic acids is 2. The van der Waals surface area contributed by atoms with Crippen molar-refractivity contribution < 1.29 is 67.2 Å². The third-order valence-electron chi connectivity index (χ3n) is 11.2. The summed E-state index contributed by atoms with van der Waals surface area (Å²) in [6, 6.07) is 0. The first-order valence-electron chi connectivity index (χ1n) is 15.7. The fraction of sp³-hybridized carbons (Fsp3) is 0.933. The predicted molar refractivity (Wildman–Crippen MR) is 144 cm³/mol. The van der Waals surface area contributed by atoms with Crippen LogP contribution in [0.1, 0.15) is 77.0 Å². The van der Waals surface area contributed by atoms with Gasteiger partial charge in [-0.05, 0) is 25.7 Å². The van der Waals surface area contributed by atoms with E-state index in [0.717, 1.165) is 25.7 Å². The highest BCUT2D eigenvalue weighted by atomic mass is 16.8. The van der Waals surface area contributed by atoms with Crippen LogP contribution < -0.4 is 0 Å². The molecule has 4 saturated heterocycles. The molecule has 4 aliphatic carbocycles. The lowest BCUT2D eigenvalue weighted by Crippen LogP contribution is -2.60. The van der Waals surface area contributed by atoms with Gasteiger partial charge in [0.15, 0.2) is 11.2 Å².